The number of fused-ring (bicyclic) bond motifs is 1. The van der Waals surface area contributed by atoms with Gasteiger partial charge in [-0.3, -0.25) is 4.79 Å². The van der Waals surface area contributed by atoms with Gasteiger partial charge >= 0.3 is 5.97 Å². The molecule has 0 radical (unpaired) electrons. The number of imidazole rings is 1. The minimum Gasteiger partial charge on any atom is -0.481 e. The van der Waals surface area contributed by atoms with E-state index in [0.717, 1.165) is 32.2 Å². The Morgan fingerprint density at radius 3 is 2.88 bits per heavy atom. The van der Waals surface area contributed by atoms with E-state index in [0.29, 0.717) is 6.42 Å². The van der Waals surface area contributed by atoms with Crippen LogP contribution in [0.1, 0.15) is 43.5 Å². The third-order valence-electron chi connectivity index (χ3n) is 4.10. The predicted octanol–water partition coefficient (Wildman–Crippen LogP) is 2.02. The highest BCUT2D eigenvalue weighted by molar-refractivity contribution is 5.68. The average Bonchev–Trinajstić information content (AvgIpc) is 2.91. The number of carboxylic acid groups (broad SMARTS) is 1. The first-order valence-corrected chi connectivity index (χ1v) is 6.43. The monoisotopic (exact) mass is 234 g/mol. The minimum atomic E-state index is -0.670. The van der Waals surface area contributed by atoms with E-state index < -0.39 is 5.97 Å². The molecule has 0 amide bonds. The first kappa shape index (κ1) is 10.8. The molecular formula is C13H18N2O2. The van der Waals surface area contributed by atoms with Gasteiger partial charge in [-0.25, -0.2) is 4.98 Å². The molecule has 1 fully saturated rings. The average molecular weight is 234 g/mol. The zero-order valence-electron chi connectivity index (χ0n) is 9.98. The predicted molar refractivity (Wildman–Crippen MR) is 62.8 cm³/mol. The lowest BCUT2D eigenvalue weighted by Crippen LogP contribution is -2.18. The van der Waals surface area contributed by atoms with Crippen molar-refractivity contribution >= 4 is 5.97 Å². The maximum absolute atomic E-state index is 10.8. The summed E-state index contributed by atoms with van der Waals surface area (Å²) in [4.78, 5) is 15.3. The molecular weight excluding hydrogens is 216 g/mol. The summed E-state index contributed by atoms with van der Waals surface area (Å²) in [5.41, 5.74) is 2.62. The highest BCUT2D eigenvalue weighted by atomic mass is 16.4. The van der Waals surface area contributed by atoms with Gasteiger partial charge in [-0.15, -0.1) is 0 Å². The molecule has 0 atom stereocenters. The Bertz CT molecular complexity index is 446. The number of hydrogen-bond donors (Lipinski definition) is 1. The molecule has 1 heterocycles. The SMILES string of the molecule is O=C(O)CC1(Cn2cnc3c2CCCC3)CC1. The van der Waals surface area contributed by atoms with Gasteiger partial charge in [0.2, 0.25) is 0 Å². The minimum absolute atomic E-state index is 0.0255. The van der Waals surface area contributed by atoms with Gasteiger partial charge in [-0.2, -0.15) is 0 Å². The van der Waals surface area contributed by atoms with Crippen LogP contribution in [0.4, 0.5) is 0 Å². The topological polar surface area (TPSA) is 55.1 Å². The number of aryl methyl sites for hydroxylation is 1. The Morgan fingerprint density at radius 1 is 1.41 bits per heavy atom. The van der Waals surface area contributed by atoms with Crippen molar-refractivity contribution in [1.29, 1.82) is 0 Å². The van der Waals surface area contributed by atoms with Crippen LogP contribution in [-0.2, 0) is 24.2 Å². The Morgan fingerprint density at radius 2 is 2.18 bits per heavy atom. The number of aromatic nitrogens is 2. The molecule has 2 aliphatic carbocycles. The second-order valence-corrected chi connectivity index (χ2v) is 5.54. The lowest BCUT2D eigenvalue weighted by molar-refractivity contribution is -0.138. The summed E-state index contributed by atoms with van der Waals surface area (Å²) in [5.74, 6) is -0.670. The van der Waals surface area contributed by atoms with E-state index in [4.69, 9.17) is 5.11 Å². The lowest BCUT2D eigenvalue weighted by Gasteiger charge is -2.18. The second-order valence-electron chi connectivity index (χ2n) is 5.54. The Balaban J connectivity index is 1.77. The molecule has 0 unspecified atom stereocenters. The van der Waals surface area contributed by atoms with E-state index in [9.17, 15) is 4.79 Å². The van der Waals surface area contributed by atoms with Gasteiger partial charge in [0.15, 0.2) is 0 Å². The van der Waals surface area contributed by atoms with Crippen molar-refractivity contribution in [1.82, 2.24) is 9.55 Å². The highest BCUT2D eigenvalue weighted by Gasteiger charge is 2.45. The van der Waals surface area contributed by atoms with Gasteiger partial charge in [0.25, 0.3) is 0 Å². The number of aliphatic carboxylic acids is 1. The molecule has 1 saturated carbocycles. The summed E-state index contributed by atoms with van der Waals surface area (Å²) >= 11 is 0. The summed E-state index contributed by atoms with van der Waals surface area (Å²) in [6.07, 6.45) is 9.00. The quantitative estimate of drug-likeness (QED) is 0.867. The maximum atomic E-state index is 10.8. The fraction of sp³-hybridized carbons (Fsp3) is 0.692. The van der Waals surface area contributed by atoms with Crippen LogP contribution in [0.25, 0.3) is 0 Å². The molecule has 0 saturated heterocycles. The molecule has 2 aliphatic rings. The van der Waals surface area contributed by atoms with E-state index in [2.05, 4.69) is 9.55 Å². The van der Waals surface area contributed by atoms with Crippen LogP contribution in [0, 0.1) is 5.41 Å². The standard InChI is InChI=1S/C13H18N2O2/c16-12(17)7-13(5-6-13)8-15-9-14-10-3-1-2-4-11(10)15/h9H,1-8H2,(H,16,17). The van der Waals surface area contributed by atoms with Crippen LogP contribution >= 0.6 is 0 Å². The third kappa shape index (κ3) is 2.08. The first-order chi connectivity index (χ1) is 8.19. The van der Waals surface area contributed by atoms with Crippen molar-refractivity contribution in [2.24, 2.45) is 5.41 Å². The van der Waals surface area contributed by atoms with Gasteiger partial charge in [0.05, 0.1) is 18.4 Å². The fourth-order valence-corrected chi connectivity index (χ4v) is 2.92. The van der Waals surface area contributed by atoms with Crippen molar-refractivity contribution in [2.45, 2.75) is 51.5 Å². The molecule has 0 aliphatic heterocycles. The smallest absolute Gasteiger partial charge is 0.303 e. The largest absolute Gasteiger partial charge is 0.481 e. The fourth-order valence-electron chi connectivity index (χ4n) is 2.92. The number of carbonyl (C=O) groups is 1. The molecule has 4 heteroatoms. The van der Waals surface area contributed by atoms with E-state index in [-0.39, 0.29) is 5.41 Å². The van der Waals surface area contributed by atoms with E-state index in [1.54, 1.807) is 0 Å². The molecule has 4 nitrogen and oxygen atoms in total. The molecule has 0 spiro atoms. The second kappa shape index (κ2) is 3.86. The summed E-state index contributed by atoms with van der Waals surface area (Å²) in [5, 5.41) is 8.93. The number of hydrogen-bond acceptors (Lipinski definition) is 2. The van der Waals surface area contributed by atoms with Crippen molar-refractivity contribution in [2.75, 3.05) is 0 Å². The molecule has 1 aromatic heterocycles. The summed E-state index contributed by atoms with van der Waals surface area (Å²) in [6, 6.07) is 0. The Labute approximate surface area is 101 Å². The van der Waals surface area contributed by atoms with Gasteiger partial charge in [-0.1, -0.05) is 0 Å². The number of carboxylic acids is 1. The number of rotatable bonds is 4. The molecule has 3 rings (SSSR count). The zero-order chi connectivity index (χ0) is 11.9. The van der Waals surface area contributed by atoms with E-state index in [1.165, 1.54) is 24.2 Å². The van der Waals surface area contributed by atoms with Gasteiger partial charge in [-0.05, 0) is 43.9 Å². The molecule has 1 N–H and O–H groups in total. The maximum Gasteiger partial charge on any atom is 0.303 e. The van der Waals surface area contributed by atoms with Crippen molar-refractivity contribution in [3.8, 4) is 0 Å². The van der Waals surface area contributed by atoms with E-state index in [1.807, 2.05) is 6.33 Å². The zero-order valence-corrected chi connectivity index (χ0v) is 9.98. The van der Waals surface area contributed by atoms with Crippen LogP contribution in [0.2, 0.25) is 0 Å². The van der Waals surface area contributed by atoms with Gasteiger partial charge in [0.1, 0.15) is 0 Å². The summed E-state index contributed by atoms with van der Waals surface area (Å²) < 4.78 is 2.21. The first-order valence-electron chi connectivity index (χ1n) is 6.43. The van der Waals surface area contributed by atoms with Crippen molar-refractivity contribution in [3.63, 3.8) is 0 Å². The van der Waals surface area contributed by atoms with Crippen LogP contribution in [-0.4, -0.2) is 20.6 Å². The third-order valence-corrected chi connectivity index (χ3v) is 4.10. The van der Waals surface area contributed by atoms with Gasteiger partial charge < -0.3 is 9.67 Å². The van der Waals surface area contributed by atoms with Crippen molar-refractivity contribution < 1.29 is 9.90 Å². The summed E-state index contributed by atoms with van der Waals surface area (Å²) in [6.45, 7) is 0.849. The number of nitrogens with zero attached hydrogens (tertiary/aromatic N) is 2. The van der Waals surface area contributed by atoms with E-state index >= 15 is 0 Å². The Kier molecular flexibility index (Phi) is 2.45. The molecule has 0 bridgehead atoms. The van der Waals surface area contributed by atoms with Gasteiger partial charge in [0, 0.05) is 12.2 Å². The molecule has 17 heavy (non-hydrogen) atoms. The molecule has 0 aromatic carbocycles. The molecule has 92 valence electrons. The molecule has 1 aromatic rings. The van der Waals surface area contributed by atoms with Crippen LogP contribution in [0.3, 0.4) is 0 Å². The normalized spacial score (nSPS) is 20.9. The summed E-state index contributed by atoms with van der Waals surface area (Å²) in [7, 11) is 0. The van der Waals surface area contributed by atoms with Crippen LogP contribution in [0.15, 0.2) is 6.33 Å². The lowest BCUT2D eigenvalue weighted by atomic mass is 9.99. The highest BCUT2D eigenvalue weighted by Crippen LogP contribution is 2.50. The van der Waals surface area contributed by atoms with Crippen LogP contribution in [0.5, 0.6) is 0 Å². The Hall–Kier alpha value is -1.32. The van der Waals surface area contributed by atoms with Crippen LogP contribution < -0.4 is 0 Å². The van der Waals surface area contributed by atoms with Crippen molar-refractivity contribution in [3.05, 3.63) is 17.7 Å².